The lowest BCUT2D eigenvalue weighted by Crippen LogP contribution is -2.27. The SMILES string of the molecule is N[C@H]1CCN(c2ccc3c(C(=O)NCCC4CCCCC4)c(Cl)ccc3n2)C1.O=C(NCCC1CCCCC1)c1c(Cl)ccc2nc(Cl)ccc12.O=C(O)C(F)(F)F.O=C(O)C(F)(F)F. The Labute approximate surface area is 386 Å². The molecule has 1 atom stereocenters. The summed E-state index contributed by atoms with van der Waals surface area (Å²) < 4.78 is 63.5. The van der Waals surface area contributed by atoms with E-state index in [0.29, 0.717) is 44.9 Å². The average Bonchev–Trinajstić information content (AvgIpc) is 3.70. The van der Waals surface area contributed by atoms with E-state index in [4.69, 9.17) is 65.3 Å². The van der Waals surface area contributed by atoms with Gasteiger partial charge >= 0.3 is 24.3 Å². The maximum Gasteiger partial charge on any atom is 0.490 e. The number of amides is 2. The second-order valence-corrected chi connectivity index (χ2v) is 17.2. The molecule has 0 spiro atoms. The van der Waals surface area contributed by atoms with Crippen molar-refractivity contribution in [2.24, 2.45) is 17.6 Å². The number of pyridine rings is 2. The Morgan fingerprint density at radius 1 is 0.631 bits per heavy atom. The predicted octanol–water partition coefficient (Wildman–Crippen LogP) is 10.6. The van der Waals surface area contributed by atoms with E-state index in [1.54, 1.807) is 30.3 Å². The number of nitrogens with two attached hydrogens (primary N) is 1. The van der Waals surface area contributed by atoms with E-state index in [-0.39, 0.29) is 17.9 Å². The van der Waals surface area contributed by atoms with Gasteiger partial charge < -0.3 is 31.5 Å². The number of alkyl halides is 6. The third kappa shape index (κ3) is 16.6. The predicted molar refractivity (Wildman–Crippen MR) is 238 cm³/mol. The molecule has 12 nitrogen and oxygen atoms in total. The summed E-state index contributed by atoms with van der Waals surface area (Å²) in [6.45, 7) is 3.13. The molecule has 3 fully saturated rings. The Kier molecular flexibility index (Phi) is 20.2. The summed E-state index contributed by atoms with van der Waals surface area (Å²) in [6, 6.07) is 14.7. The molecular formula is C44H51Cl3F6N6O6. The van der Waals surface area contributed by atoms with Gasteiger partial charge in [-0.15, -0.1) is 0 Å². The summed E-state index contributed by atoms with van der Waals surface area (Å²) in [5.74, 6) is -3.36. The number of fused-ring (bicyclic) bond motifs is 2. The van der Waals surface area contributed by atoms with Crippen LogP contribution in [-0.4, -0.2) is 88.5 Å². The topological polar surface area (TPSA) is 188 Å². The van der Waals surface area contributed by atoms with Crippen LogP contribution in [0.25, 0.3) is 21.8 Å². The first-order valence-corrected chi connectivity index (χ1v) is 22.3. The highest BCUT2D eigenvalue weighted by atomic mass is 35.5. The van der Waals surface area contributed by atoms with Crippen LogP contribution in [0.3, 0.4) is 0 Å². The van der Waals surface area contributed by atoms with Crippen molar-refractivity contribution in [3.8, 4) is 0 Å². The highest BCUT2D eigenvalue weighted by Crippen LogP contribution is 2.31. The van der Waals surface area contributed by atoms with Crippen molar-refractivity contribution < 1.29 is 55.7 Å². The molecule has 3 aliphatic rings. The second kappa shape index (κ2) is 24.8. The van der Waals surface area contributed by atoms with Gasteiger partial charge in [0, 0.05) is 43.0 Å². The fraction of sp³-hybridized carbons (Fsp3) is 0.500. The van der Waals surface area contributed by atoms with Gasteiger partial charge in [-0.05, 0) is 79.6 Å². The molecule has 2 aliphatic carbocycles. The first-order chi connectivity index (χ1) is 30.6. The van der Waals surface area contributed by atoms with Crippen LogP contribution in [0.5, 0.6) is 0 Å². The number of hydrogen-bond donors (Lipinski definition) is 5. The van der Waals surface area contributed by atoms with Gasteiger partial charge in [0.1, 0.15) is 11.0 Å². The van der Waals surface area contributed by atoms with Crippen LogP contribution >= 0.6 is 34.8 Å². The van der Waals surface area contributed by atoms with E-state index in [2.05, 4.69) is 20.5 Å². The molecule has 65 heavy (non-hydrogen) atoms. The monoisotopic (exact) mass is 978 g/mol. The van der Waals surface area contributed by atoms with Gasteiger partial charge in [0.15, 0.2) is 0 Å². The standard InChI is InChI=1S/C22H29ClN4O.C18H20Cl2N2O.2C2HF3O2/c23-18-7-8-19-17(6-9-20(26-19)27-13-11-16(24)14-27)21(18)22(28)25-12-10-15-4-2-1-3-5-15;19-14-7-8-15-13(6-9-16(20)22-15)17(14)18(23)21-11-10-12-4-2-1-3-5-12;2*3-2(4,5)1(6)7/h6-9,15-16H,1-5,10-14,24H2,(H,25,28);6-9,12H,1-5,10-11H2,(H,21,23);2*(H,6,7)/t16-;;;/m0.../s1. The van der Waals surface area contributed by atoms with Crippen molar-refractivity contribution in [2.75, 3.05) is 31.1 Å². The molecule has 4 aromatic rings. The van der Waals surface area contributed by atoms with Gasteiger partial charge in [0.25, 0.3) is 11.8 Å². The summed E-state index contributed by atoms with van der Waals surface area (Å²) in [5, 5.41) is 23.2. The average molecular weight is 980 g/mol. The minimum atomic E-state index is -5.08. The van der Waals surface area contributed by atoms with Crippen molar-refractivity contribution in [1.82, 2.24) is 20.6 Å². The lowest BCUT2D eigenvalue weighted by Gasteiger charge is -2.21. The van der Waals surface area contributed by atoms with Crippen LogP contribution < -0.4 is 21.3 Å². The maximum absolute atomic E-state index is 12.9. The molecule has 2 aromatic heterocycles. The molecular weight excluding hydrogens is 929 g/mol. The Hall–Kier alpha value is -4.65. The van der Waals surface area contributed by atoms with Gasteiger partial charge in [-0.2, -0.15) is 26.3 Å². The molecule has 7 rings (SSSR count). The summed E-state index contributed by atoms with van der Waals surface area (Å²) in [6.07, 6.45) is 6.04. The highest BCUT2D eigenvalue weighted by Gasteiger charge is 2.39. The number of carbonyl (C=O) groups excluding carboxylic acids is 2. The Balaban J connectivity index is 0.000000223. The summed E-state index contributed by atoms with van der Waals surface area (Å²) in [5.41, 5.74) is 8.50. The third-order valence-electron chi connectivity index (χ3n) is 11.2. The van der Waals surface area contributed by atoms with E-state index in [9.17, 15) is 35.9 Å². The van der Waals surface area contributed by atoms with Crippen molar-refractivity contribution >= 4 is 86.2 Å². The maximum atomic E-state index is 12.9. The van der Waals surface area contributed by atoms with Crippen molar-refractivity contribution in [3.05, 3.63) is 74.9 Å². The summed E-state index contributed by atoms with van der Waals surface area (Å²) in [4.78, 5) is 54.4. The fourth-order valence-electron chi connectivity index (χ4n) is 7.86. The Bertz CT molecular complexity index is 2230. The van der Waals surface area contributed by atoms with Gasteiger partial charge in [0.05, 0.1) is 32.2 Å². The lowest BCUT2D eigenvalue weighted by atomic mass is 9.87. The number of aliphatic carboxylic acids is 2. The number of halogens is 9. The number of anilines is 1. The molecule has 0 unspecified atom stereocenters. The zero-order valence-corrected chi connectivity index (χ0v) is 37.5. The minimum absolute atomic E-state index is 0.107. The van der Waals surface area contributed by atoms with Crippen LogP contribution in [0.2, 0.25) is 15.2 Å². The van der Waals surface area contributed by atoms with Crippen LogP contribution in [0.1, 0.15) is 104 Å². The van der Waals surface area contributed by atoms with E-state index < -0.39 is 24.3 Å². The van der Waals surface area contributed by atoms with Gasteiger partial charge in [0.2, 0.25) is 0 Å². The molecule has 21 heteroatoms. The molecule has 2 aromatic carbocycles. The highest BCUT2D eigenvalue weighted by molar-refractivity contribution is 6.36. The van der Waals surface area contributed by atoms with Crippen molar-refractivity contribution in [3.63, 3.8) is 0 Å². The molecule has 1 aliphatic heterocycles. The van der Waals surface area contributed by atoms with Gasteiger partial charge in [-0.25, -0.2) is 19.6 Å². The fourth-order valence-corrected chi connectivity index (χ4v) is 8.52. The van der Waals surface area contributed by atoms with E-state index in [0.717, 1.165) is 66.3 Å². The number of carboxylic acids is 2. The quantitative estimate of drug-likeness (QED) is 0.0798. The molecule has 2 amide bonds. The lowest BCUT2D eigenvalue weighted by molar-refractivity contribution is -0.193. The zero-order valence-electron chi connectivity index (χ0n) is 35.2. The summed E-state index contributed by atoms with van der Waals surface area (Å²) >= 11 is 18.6. The number of hydrogen-bond acceptors (Lipinski definition) is 8. The van der Waals surface area contributed by atoms with E-state index in [1.165, 1.54) is 64.2 Å². The Morgan fingerprint density at radius 3 is 1.45 bits per heavy atom. The van der Waals surface area contributed by atoms with Crippen molar-refractivity contribution in [1.29, 1.82) is 0 Å². The number of benzene rings is 2. The molecule has 2 saturated carbocycles. The molecule has 3 heterocycles. The summed E-state index contributed by atoms with van der Waals surface area (Å²) in [7, 11) is 0. The van der Waals surface area contributed by atoms with E-state index in [1.807, 2.05) is 18.2 Å². The minimum Gasteiger partial charge on any atom is -0.475 e. The number of nitrogens with zero attached hydrogens (tertiary/aromatic N) is 3. The molecule has 1 saturated heterocycles. The van der Waals surface area contributed by atoms with Crippen LogP contribution in [0.4, 0.5) is 32.2 Å². The van der Waals surface area contributed by atoms with Crippen molar-refractivity contribution in [2.45, 2.75) is 102 Å². The number of rotatable bonds is 9. The first-order valence-electron chi connectivity index (χ1n) is 21.2. The van der Waals surface area contributed by atoms with Gasteiger partial charge in [-0.3, -0.25) is 9.59 Å². The zero-order chi connectivity index (χ0) is 47.9. The normalized spacial score (nSPS) is 16.9. The molecule has 356 valence electrons. The molecule has 0 radical (unpaired) electrons. The molecule has 0 bridgehead atoms. The third-order valence-corrected chi connectivity index (χ3v) is 12.0. The smallest absolute Gasteiger partial charge is 0.475 e. The largest absolute Gasteiger partial charge is 0.490 e. The Morgan fingerprint density at radius 2 is 1.05 bits per heavy atom. The van der Waals surface area contributed by atoms with Crippen LogP contribution in [0.15, 0.2) is 48.5 Å². The van der Waals surface area contributed by atoms with E-state index >= 15 is 0 Å². The number of carboxylic acid groups (broad SMARTS) is 2. The van der Waals surface area contributed by atoms with Gasteiger partial charge in [-0.1, -0.05) is 99.0 Å². The second-order valence-electron chi connectivity index (χ2n) is 16.0. The van der Waals surface area contributed by atoms with Crippen LogP contribution in [-0.2, 0) is 9.59 Å². The first kappa shape index (κ1) is 53.0. The molecule has 6 N–H and O–H groups in total. The number of aromatic nitrogens is 2. The number of carbonyl (C=O) groups is 4. The number of nitrogens with one attached hydrogen (secondary N) is 2. The van der Waals surface area contributed by atoms with Crippen LogP contribution in [0, 0.1) is 11.8 Å².